The number of hydrogen-bond acceptors (Lipinski definition) is 6. The van der Waals surface area contributed by atoms with Gasteiger partial charge in [-0.3, -0.25) is 10.1 Å². The lowest BCUT2D eigenvalue weighted by Gasteiger charge is -2.09. The number of anilines is 1. The molecular formula is C13H11N5O2. The van der Waals surface area contributed by atoms with Crippen molar-refractivity contribution < 1.29 is 4.92 Å². The molecule has 2 aromatic rings. The summed E-state index contributed by atoms with van der Waals surface area (Å²) in [5.74, 6) is 0.362. The molecule has 20 heavy (non-hydrogen) atoms. The molecule has 0 atom stereocenters. The van der Waals surface area contributed by atoms with Gasteiger partial charge < -0.3 is 5.32 Å². The molecule has 0 aliphatic carbocycles. The quantitative estimate of drug-likeness (QED) is 0.673. The predicted octanol–water partition coefficient (Wildman–Crippen LogP) is 2.18. The van der Waals surface area contributed by atoms with Crippen LogP contribution in [0, 0.1) is 28.4 Å². The van der Waals surface area contributed by atoms with E-state index in [1.165, 1.54) is 18.5 Å². The highest BCUT2D eigenvalue weighted by Crippen LogP contribution is 2.21. The van der Waals surface area contributed by atoms with Gasteiger partial charge in [0.15, 0.2) is 11.5 Å². The molecule has 7 heteroatoms. The minimum absolute atomic E-state index is 0.0731. The number of hydrogen-bond donors (Lipinski definition) is 1. The van der Waals surface area contributed by atoms with Crippen molar-refractivity contribution in [3.63, 3.8) is 0 Å². The maximum atomic E-state index is 10.9. The molecular weight excluding hydrogens is 258 g/mol. The largest absolute Gasteiger partial charge is 0.364 e. The number of benzene rings is 1. The molecule has 0 unspecified atom stereocenters. The summed E-state index contributed by atoms with van der Waals surface area (Å²) in [5.41, 5.74) is 1.63. The second kappa shape index (κ2) is 5.75. The molecule has 1 heterocycles. The number of nitrogens with zero attached hydrogens (tertiary/aromatic N) is 4. The van der Waals surface area contributed by atoms with E-state index in [2.05, 4.69) is 15.3 Å². The molecule has 2 rings (SSSR count). The van der Waals surface area contributed by atoms with Crippen LogP contribution in [-0.2, 0) is 6.54 Å². The van der Waals surface area contributed by atoms with Crippen LogP contribution < -0.4 is 5.32 Å². The van der Waals surface area contributed by atoms with Gasteiger partial charge in [0.05, 0.1) is 4.92 Å². The number of rotatable bonds is 4. The summed E-state index contributed by atoms with van der Waals surface area (Å²) in [6.07, 6.45) is 2.91. The van der Waals surface area contributed by atoms with Crippen molar-refractivity contribution in [2.45, 2.75) is 13.5 Å². The first-order valence-corrected chi connectivity index (χ1v) is 5.81. The van der Waals surface area contributed by atoms with Crippen LogP contribution in [0.2, 0.25) is 0 Å². The van der Waals surface area contributed by atoms with Gasteiger partial charge in [0.25, 0.3) is 5.69 Å². The van der Waals surface area contributed by atoms with Crippen molar-refractivity contribution in [1.82, 2.24) is 9.97 Å². The third-order valence-electron chi connectivity index (χ3n) is 2.86. The third-order valence-corrected chi connectivity index (χ3v) is 2.86. The van der Waals surface area contributed by atoms with Gasteiger partial charge in [-0.25, -0.2) is 9.97 Å². The Bertz CT molecular complexity index is 693. The molecule has 0 amide bonds. The summed E-state index contributed by atoms with van der Waals surface area (Å²) in [4.78, 5) is 18.4. The predicted molar refractivity (Wildman–Crippen MR) is 71.9 cm³/mol. The second-order valence-electron chi connectivity index (χ2n) is 4.04. The van der Waals surface area contributed by atoms with Crippen LogP contribution >= 0.6 is 0 Å². The number of nitro groups is 1. The van der Waals surface area contributed by atoms with E-state index < -0.39 is 4.92 Å². The Balaban J connectivity index is 2.22. The van der Waals surface area contributed by atoms with Gasteiger partial charge in [0.1, 0.15) is 6.07 Å². The monoisotopic (exact) mass is 269 g/mol. The minimum Gasteiger partial charge on any atom is -0.364 e. The second-order valence-corrected chi connectivity index (χ2v) is 4.04. The zero-order chi connectivity index (χ0) is 14.5. The summed E-state index contributed by atoms with van der Waals surface area (Å²) in [6.45, 7) is 2.03. The van der Waals surface area contributed by atoms with Gasteiger partial charge in [0.2, 0.25) is 0 Å². The first-order chi connectivity index (χ1) is 9.63. The molecule has 0 bridgehead atoms. The number of aromatic nitrogens is 2. The van der Waals surface area contributed by atoms with Crippen molar-refractivity contribution in [2.24, 2.45) is 0 Å². The van der Waals surface area contributed by atoms with Crippen molar-refractivity contribution in [3.8, 4) is 6.07 Å². The van der Waals surface area contributed by atoms with Crippen molar-refractivity contribution in [3.05, 3.63) is 57.5 Å². The Morgan fingerprint density at radius 2 is 2.15 bits per heavy atom. The van der Waals surface area contributed by atoms with Gasteiger partial charge >= 0.3 is 0 Å². The fourth-order valence-electron chi connectivity index (χ4n) is 1.79. The molecule has 0 fully saturated rings. The Morgan fingerprint density at radius 1 is 1.40 bits per heavy atom. The van der Waals surface area contributed by atoms with Crippen molar-refractivity contribution in [1.29, 1.82) is 5.26 Å². The molecule has 0 saturated heterocycles. The summed E-state index contributed by atoms with van der Waals surface area (Å²) < 4.78 is 0. The van der Waals surface area contributed by atoms with Crippen LogP contribution in [-0.4, -0.2) is 14.9 Å². The van der Waals surface area contributed by atoms with Gasteiger partial charge in [-0.15, -0.1) is 0 Å². The zero-order valence-corrected chi connectivity index (χ0v) is 10.7. The lowest BCUT2D eigenvalue weighted by Crippen LogP contribution is -2.06. The van der Waals surface area contributed by atoms with Crippen LogP contribution in [0.5, 0.6) is 0 Å². The molecule has 1 N–H and O–H groups in total. The normalized spacial score (nSPS) is 9.80. The first kappa shape index (κ1) is 13.4. The Hall–Kier alpha value is -3.01. The van der Waals surface area contributed by atoms with Crippen LogP contribution in [0.25, 0.3) is 0 Å². The molecule has 0 saturated carbocycles. The number of nitriles is 1. The van der Waals surface area contributed by atoms with Crippen LogP contribution in [0.4, 0.5) is 11.5 Å². The highest BCUT2D eigenvalue weighted by molar-refractivity contribution is 5.49. The number of nitro benzene ring substituents is 1. The van der Waals surface area contributed by atoms with Crippen LogP contribution in [0.3, 0.4) is 0 Å². The molecule has 7 nitrogen and oxygen atoms in total. The fourth-order valence-corrected chi connectivity index (χ4v) is 1.79. The average molecular weight is 269 g/mol. The van der Waals surface area contributed by atoms with E-state index in [4.69, 9.17) is 5.26 Å². The van der Waals surface area contributed by atoms with E-state index in [1.54, 1.807) is 19.1 Å². The van der Waals surface area contributed by atoms with Gasteiger partial charge in [-0.05, 0) is 12.5 Å². The Labute approximate surface area is 115 Å². The van der Waals surface area contributed by atoms with Gasteiger partial charge in [-0.2, -0.15) is 5.26 Å². The molecule has 1 aromatic heterocycles. The van der Waals surface area contributed by atoms with Crippen molar-refractivity contribution in [2.75, 3.05) is 5.32 Å². The summed E-state index contributed by atoms with van der Waals surface area (Å²) in [6, 6.07) is 6.81. The topological polar surface area (TPSA) is 105 Å². The van der Waals surface area contributed by atoms with Crippen LogP contribution in [0.15, 0.2) is 30.6 Å². The molecule has 0 aliphatic heterocycles. The maximum Gasteiger partial charge on any atom is 0.272 e. The SMILES string of the molecule is Cc1c(CNc2nccnc2C#N)cccc1[N+](=O)[O-]. The standard InChI is InChI=1S/C13H11N5O2/c1-9-10(3-2-4-12(9)18(19)20)8-17-13-11(7-14)15-5-6-16-13/h2-6H,8H2,1H3,(H,16,17). The smallest absolute Gasteiger partial charge is 0.272 e. The third kappa shape index (κ3) is 2.70. The number of nitrogens with one attached hydrogen (secondary N) is 1. The van der Waals surface area contributed by atoms with Crippen molar-refractivity contribution >= 4 is 11.5 Å². The van der Waals surface area contributed by atoms with E-state index in [0.29, 0.717) is 17.9 Å². The average Bonchev–Trinajstić information content (AvgIpc) is 2.46. The molecule has 1 aromatic carbocycles. The lowest BCUT2D eigenvalue weighted by atomic mass is 10.1. The summed E-state index contributed by atoms with van der Waals surface area (Å²) in [5, 5.41) is 22.7. The Kier molecular flexibility index (Phi) is 3.86. The highest BCUT2D eigenvalue weighted by Gasteiger charge is 2.13. The summed E-state index contributed by atoms with van der Waals surface area (Å²) >= 11 is 0. The van der Waals surface area contributed by atoms with Crippen LogP contribution in [0.1, 0.15) is 16.8 Å². The Morgan fingerprint density at radius 3 is 2.85 bits per heavy atom. The van der Waals surface area contributed by atoms with E-state index in [-0.39, 0.29) is 11.4 Å². The van der Waals surface area contributed by atoms with E-state index in [9.17, 15) is 10.1 Å². The highest BCUT2D eigenvalue weighted by atomic mass is 16.6. The molecule has 0 aliphatic rings. The first-order valence-electron chi connectivity index (χ1n) is 5.81. The zero-order valence-electron chi connectivity index (χ0n) is 10.7. The van der Waals surface area contributed by atoms with E-state index in [0.717, 1.165) is 5.56 Å². The van der Waals surface area contributed by atoms with E-state index >= 15 is 0 Å². The van der Waals surface area contributed by atoms with E-state index in [1.807, 2.05) is 6.07 Å². The fraction of sp³-hybridized carbons (Fsp3) is 0.154. The summed E-state index contributed by atoms with van der Waals surface area (Å²) in [7, 11) is 0. The van der Waals surface area contributed by atoms with Gasteiger partial charge in [-0.1, -0.05) is 12.1 Å². The molecule has 0 spiro atoms. The van der Waals surface area contributed by atoms with Gasteiger partial charge in [0, 0.05) is 30.6 Å². The minimum atomic E-state index is -0.415. The maximum absolute atomic E-state index is 10.9. The lowest BCUT2D eigenvalue weighted by molar-refractivity contribution is -0.385. The molecule has 100 valence electrons. The molecule has 0 radical (unpaired) electrons.